The van der Waals surface area contributed by atoms with Crippen LogP contribution in [-0.2, 0) is 11.8 Å². The summed E-state index contributed by atoms with van der Waals surface area (Å²) in [7, 11) is 0. The quantitative estimate of drug-likeness (QED) is 0.655. The van der Waals surface area contributed by atoms with E-state index in [0.717, 1.165) is 53.4 Å². The maximum Gasteiger partial charge on any atom is 0.194 e. The van der Waals surface area contributed by atoms with Gasteiger partial charge in [-0.25, -0.2) is 0 Å². The summed E-state index contributed by atoms with van der Waals surface area (Å²) in [5.74, 6) is 0.150. The van der Waals surface area contributed by atoms with E-state index in [1.807, 2.05) is 18.2 Å². The van der Waals surface area contributed by atoms with Crippen LogP contribution in [0.25, 0.3) is 5.57 Å². The summed E-state index contributed by atoms with van der Waals surface area (Å²) < 4.78 is 0. The lowest BCUT2D eigenvalue weighted by Gasteiger charge is -2.39. The molecule has 2 aliphatic carbocycles. The second kappa shape index (κ2) is 7.57. The van der Waals surface area contributed by atoms with Gasteiger partial charge in [0.2, 0.25) is 0 Å². The Morgan fingerprint density at radius 2 is 1.73 bits per heavy atom. The van der Waals surface area contributed by atoms with Gasteiger partial charge in [-0.1, -0.05) is 26.0 Å². The molecule has 0 aromatic heterocycles. The Morgan fingerprint density at radius 1 is 0.970 bits per heavy atom. The molecule has 4 nitrogen and oxygen atoms in total. The third-order valence-corrected chi connectivity index (χ3v) is 8.56. The molecule has 4 heteroatoms. The number of carbonyl (C=O) groups is 1. The molecule has 0 spiro atoms. The van der Waals surface area contributed by atoms with Crippen LogP contribution in [0.2, 0.25) is 0 Å². The van der Waals surface area contributed by atoms with Gasteiger partial charge in [-0.15, -0.1) is 0 Å². The number of hydrogen-bond donors (Lipinski definition) is 0. The van der Waals surface area contributed by atoms with Gasteiger partial charge < -0.3 is 9.80 Å². The highest BCUT2D eigenvalue weighted by Gasteiger charge is 2.43. The molecule has 0 saturated carbocycles. The lowest BCUT2D eigenvalue weighted by Crippen LogP contribution is -2.44. The van der Waals surface area contributed by atoms with Crippen LogP contribution in [0.5, 0.6) is 0 Å². The number of piperidine rings is 1. The van der Waals surface area contributed by atoms with Crippen LogP contribution in [0, 0.1) is 11.3 Å². The van der Waals surface area contributed by atoms with E-state index in [0.29, 0.717) is 5.56 Å². The van der Waals surface area contributed by atoms with E-state index < -0.39 is 0 Å². The molecule has 168 valence electrons. The van der Waals surface area contributed by atoms with Crippen molar-refractivity contribution in [3.8, 4) is 6.07 Å². The lowest BCUT2D eigenvalue weighted by atomic mass is 9.68. The van der Waals surface area contributed by atoms with Crippen molar-refractivity contribution in [1.29, 1.82) is 5.26 Å². The highest BCUT2D eigenvalue weighted by molar-refractivity contribution is 6.33. The monoisotopic (exact) mass is 437 g/mol. The minimum absolute atomic E-state index is 0.150. The van der Waals surface area contributed by atoms with E-state index >= 15 is 0 Å². The SMILES string of the molecule is CC1(C)C2=C(C(=O)c3cc(N4CCC(N5CCCC5)CC4)ccc31)c1ccc(C#N)cc1C2. The molecule has 4 aliphatic rings. The van der Waals surface area contributed by atoms with Crippen molar-refractivity contribution in [2.75, 3.05) is 31.1 Å². The predicted molar refractivity (Wildman–Crippen MR) is 132 cm³/mol. The lowest BCUT2D eigenvalue weighted by molar-refractivity contribution is 0.105. The second-order valence-electron chi connectivity index (χ2n) is 10.7. The minimum Gasteiger partial charge on any atom is -0.371 e. The standard InChI is InChI=1S/C29H31N3O/c1-29(2)25-8-6-22(32-13-9-21(10-14-32)31-11-3-4-12-31)17-24(25)28(33)27-23-7-5-19(18-30)15-20(23)16-26(27)29/h5-8,15,17,21H,3-4,9-14,16H2,1-2H3. The van der Waals surface area contributed by atoms with E-state index in [-0.39, 0.29) is 11.2 Å². The Morgan fingerprint density at radius 3 is 2.45 bits per heavy atom. The number of Topliss-reactive ketones (excluding diaryl/α,β-unsaturated/α-hetero) is 1. The van der Waals surface area contributed by atoms with Crippen molar-refractivity contribution >= 4 is 17.0 Å². The molecule has 0 N–H and O–H groups in total. The zero-order valence-corrected chi connectivity index (χ0v) is 19.7. The number of nitrogens with zero attached hydrogens (tertiary/aromatic N) is 3. The van der Waals surface area contributed by atoms with Crippen molar-refractivity contribution in [1.82, 2.24) is 4.90 Å². The number of hydrogen-bond acceptors (Lipinski definition) is 4. The van der Waals surface area contributed by atoms with Gasteiger partial charge in [-0.05, 0) is 91.7 Å². The number of benzene rings is 2. The first-order valence-corrected chi connectivity index (χ1v) is 12.4. The molecule has 0 bridgehead atoms. The first kappa shape index (κ1) is 20.7. The van der Waals surface area contributed by atoms with Gasteiger partial charge in [0.1, 0.15) is 0 Å². The number of anilines is 1. The van der Waals surface area contributed by atoms with Crippen molar-refractivity contribution in [2.24, 2.45) is 0 Å². The summed E-state index contributed by atoms with van der Waals surface area (Å²) in [6.07, 6.45) is 5.87. The number of allylic oxidation sites excluding steroid dienone is 2. The minimum atomic E-state index is -0.203. The Hall–Kier alpha value is -2.90. The van der Waals surface area contributed by atoms with E-state index in [2.05, 4.69) is 47.9 Å². The number of fused-ring (bicyclic) bond motifs is 3. The number of ketones is 1. The van der Waals surface area contributed by atoms with Gasteiger partial charge >= 0.3 is 0 Å². The van der Waals surface area contributed by atoms with Crippen LogP contribution < -0.4 is 4.90 Å². The van der Waals surface area contributed by atoms with Crippen molar-refractivity contribution in [3.05, 3.63) is 69.8 Å². The van der Waals surface area contributed by atoms with Gasteiger partial charge in [0.05, 0.1) is 11.6 Å². The normalized spacial score (nSPS) is 22.2. The second-order valence-corrected chi connectivity index (χ2v) is 10.7. The van der Waals surface area contributed by atoms with Crippen LogP contribution in [0.3, 0.4) is 0 Å². The van der Waals surface area contributed by atoms with Gasteiger partial charge in [0, 0.05) is 41.4 Å². The third-order valence-electron chi connectivity index (χ3n) is 8.56. The summed E-state index contributed by atoms with van der Waals surface area (Å²) in [6, 6.07) is 15.3. The maximum atomic E-state index is 13.8. The smallest absolute Gasteiger partial charge is 0.194 e. The van der Waals surface area contributed by atoms with Crippen molar-refractivity contribution in [2.45, 2.75) is 57.4 Å². The molecule has 2 aromatic rings. The molecular formula is C29H31N3O. The Labute approximate surface area is 196 Å². The largest absolute Gasteiger partial charge is 0.371 e. The van der Waals surface area contributed by atoms with E-state index in [1.54, 1.807) is 0 Å². The predicted octanol–water partition coefficient (Wildman–Crippen LogP) is 5.11. The Balaban J connectivity index is 1.31. The Kier molecular flexibility index (Phi) is 4.74. The summed E-state index contributed by atoms with van der Waals surface area (Å²) >= 11 is 0. The number of likely N-dealkylation sites (tertiary alicyclic amines) is 1. The Bertz CT molecular complexity index is 1220. The van der Waals surface area contributed by atoms with Crippen molar-refractivity contribution < 1.29 is 4.79 Å². The van der Waals surface area contributed by atoms with Crippen LogP contribution in [0.1, 0.15) is 72.1 Å². The maximum absolute atomic E-state index is 13.8. The van der Waals surface area contributed by atoms with Crippen LogP contribution in [0.4, 0.5) is 5.69 Å². The van der Waals surface area contributed by atoms with Crippen LogP contribution in [-0.4, -0.2) is 42.9 Å². The zero-order valence-electron chi connectivity index (χ0n) is 19.7. The molecule has 2 fully saturated rings. The molecular weight excluding hydrogens is 406 g/mol. The molecule has 0 radical (unpaired) electrons. The first-order chi connectivity index (χ1) is 16.0. The van der Waals surface area contributed by atoms with Crippen molar-refractivity contribution in [3.63, 3.8) is 0 Å². The summed E-state index contributed by atoms with van der Waals surface area (Å²) in [6.45, 7) is 9.14. The molecule has 33 heavy (non-hydrogen) atoms. The zero-order chi connectivity index (χ0) is 22.7. The fourth-order valence-corrected chi connectivity index (χ4v) is 6.64. The van der Waals surface area contributed by atoms with Gasteiger partial charge in [0.25, 0.3) is 0 Å². The van der Waals surface area contributed by atoms with Gasteiger partial charge in [0.15, 0.2) is 5.78 Å². The van der Waals surface area contributed by atoms with Gasteiger partial charge in [-0.3, -0.25) is 4.79 Å². The molecule has 6 rings (SSSR count). The van der Waals surface area contributed by atoms with E-state index in [9.17, 15) is 10.1 Å². The fourth-order valence-electron chi connectivity index (χ4n) is 6.64. The number of nitriles is 1. The van der Waals surface area contributed by atoms with E-state index in [4.69, 9.17) is 0 Å². The van der Waals surface area contributed by atoms with E-state index in [1.165, 1.54) is 50.0 Å². The molecule has 0 atom stereocenters. The number of rotatable bonds is 2. The average molecular weight is 438 g/mol. The molecule has 2 aromatic carbocycles. The van der Waals surface area contributed by atoms with Crippen LogP contribution >= 0.6 is 0 Å². The van der Waals surface area contributed by atoms with Gasteiger partial charge in [-0.2, -0.15) is 5.26 Å². The highest BCUT2D eigenvalue weighted by atomic mass is 16.1. The summed E-state index contributed by atoms with van der Waals surface area (Å²) in [5.41, 5.74) is 7.83. The molecule has 0 amide bonds. The molecule has 2 saturated heterocycles. The fraction of sp³-hybridized carbons (Fsp3) is 0.448. The topological polar surface area (TPSA) is 47.3 Å². The van der Waals surface area contributed by atoms with Crippen LogP contribution in [0.15, 0.2) is 42.0 Å². The summed E-state index contributed by atoms with van der Waals surface area (Å²) in [4.78, 5) is 19.0. The number of carbonyl (C=O) groups excluding carboxylic acids is 1. The first-order valence-electron chi connectivity index (χ1n) is 12.4. The average Bonchev–Trinajstić information content (AvgIpc) is 3.51. The highest BCUT2D eigenvalue weighted by Crippen LogP contribution is 2.50. The molecule has 2 heterocycles. The molecule has 2 aliphatic heterocycles. The summed E-state index contributed by atoms with van der Waals surface area (Å²) in [5, 5.41) is 9.32. The third kappa shape index (κ3) is 3.17. The molecule has 0 unspecified atom stereocenters.